The Bertz CT molecular complexity index is 830. The first-order valence-corrected chi connectivity index (χ1v) is 8.34. The van der Waals surface area contributed by atoms with Crippen molar-refractivity contribution in [3.63, 3.8) is 0 Å². The van der Waals surface area contributed by atoms with E-state index in [1.54, 1.807) is 0 Å². The number of hydrazine groups is 1. The first-order chi connectivity index (χ1) is 12.5. The van der Waals surface area contributed by atoms with E-state index in [9.17, 15) is 14.3 Å². The molecule has 0 aromatic heterocycles. The first kappa shape index (κ1) is 17.8. The molecule has 1 aliphatic heterocycles. The Morgan fingerprint density at radius 1 is 1.19 bits per heavy atom. The molecule has 0 atom stereocenters. The van der Waals surface area contributed by atoms with Gasteiger partial charge in [0.2, 0.25) is 0 Å². The van der Waals surface area contributed by atoms with Crippen LogP contribution in [0.15, 0.2) is 42.6 Å². The highest BCUT2D eigenvalue weighted by Gasteiger charge is 2.13. The Balaban J connectivity index is 1.80. The SMILES string of the molecule is N/C(=C\N(N)c1ccc(N2CCCC2)cc1)c1cc(F)c(O)c(C=O)c1. The summed E-state index contributed by atoms with van der Waals surface area (Å²) in [6, 6.07) is 10.1. The van der Waals surface area contributed by atoms with Crippen LogP contribution in [-0.4, -0.2) is 24.5 Å². The summed E-state index contributed by atoms with van der Waals surface area (Å²) in [5, 5.41) is 10.8. The van der Waals surface area contributed by atoms with Crippen molar-refractivity contribution in [1.82, 2.24) is 0 Å². The summed E-state index contributed by atoms with van der Waals surface area (Å²) in [7, 11) is 0. The van der Waals surface area contributed by atoms with Gasteiger partial charge < -0.3 is 15.7 Å². The number of hydrogen-bond donors (Lipinski definition) is 3. The van der Waals surface area contributed by atoms with E-state index in [1.165, 1.54) is 30.1 Å². The van der Waals surface area contributed by atoms with Crippen molar-refractivity contribution in [3.05, 3.63) is 59.5 Å². The molecule has 0 bridgehead atoms. The third kappa shape index (κ3) is 3.62. The van der Waals surface area contributed by atoms with Gasteiger partial charge in [-0.05, 0) is 49.2 Å². The van der Waals surface area contributed by atoms with E-state index in [4.69, 9.17) is 11.6 Å². The predicted octanol–water partition coefficient (Wildman–Crippen LogP) is 2.58. The van der Waals surface area contributed by atoms with E-state index < -0.39 is 11.6 Å². The lowest BCUT2D eigenvalue weighted by Gasteiger charge is -2.20. The van der Waals surface area contributed by atoms with Gasteiger partial charge in [-0.1, -0.05) is 0 Å². The Hall–Kier alpha value is -3.06. The third-order valence-electron chi connectivity index (χ3n) is 4.45. The van der Waals surface area contributed by atoms with Crippen molar-refractivity contribution in [2.45, 2.75) is 12.8 Å². The second-order valence-corrected chi connectivity index (χ2v) is 6.22. The van der Waals surface area contributed by atoms with Gasteiger partial charge in [-0.25, -0.2) is 10.2 Å². The maximum absolute atomic E-state index is 13.7. The number of carbonyl (C=O) groups excluding carboxylic acids is 1. The van der Waals surface area contributed by atoms with Gasteiger partial charge in [0, 0.05) is 30.5 Å². The molecular formula is C19H21FN4O2. The van der Waals surface area contributed by atoms with Crippen LogP contribution in [0.2, 0.25) is 0 Å². The zero-order chi connectivity index (χ0) is 18.7. The van der Waals surface area contributed by atoms with Crippen LogP contribution < -0.4 is 21.5 Å². The van der Waals surface area contributed by atoms with Gasteiger partial charge in [-0.2, -0.15) is 0 Å². The van der Waals surface area contributed by atoms with Crippen molar-refractivity contribution in [2.24, 2.45) is 11.6 Å². The molecule has 1 heterocycles. The molecular weight excluding hydrogens is 335 g/mol. The largest absolute Gasteiger partial charge is 0.504 e. The third-order valence-corrected chi connectivity index (χ3v) is 4.45. The minimum Gasteiger partial charge on any atom is -0.504 e. The second kappa shape index (κ2) is 7.45. The van der Waals surface area contributed by atoms with E-state index in [-0.39, 0.29) is 16.8 Å². The lowest BCUT2D eigenvalue weighted by Crippen LogP contribution is -2.26. The number of phenolic OH excluding ortho intramolecular Hbond substituents is 1. The second-order valence-electron chi connectivity index (χ2n) is 6.22. The maximum atomic E-state index is 13.7. The summed E-state index contributed by atoms with van der Waals surface area (Å²) in [6.45, 7) is 2.12. The van der Waals surface area contributed by atoms with Gasteiger partial charge in [0.05, 0.1) is 16.9 Å². The van der Waals surface area contributed by atoms with Crippen molar-refractivity contribution in [1.29, 1.82) is 0 Å². The summed E-state index contributed by atoms with van der Waals surface area (Å²) in [5.74, 6) is 4.41. The quantitative estimate of drug-likeness (QED) is 0.433. The molecule has 0 spiro atoms. The Morgan fingerprint density at radius 3 is 2.46 bits per heavy atom. The topological polar surface area (TPSA) is 95.8 Å². The summed E-state index contributed by atoms with van der Waals surface area (Å²) in [5.41, 5.74) is 8.08. The fourth-order valence-electron chi connectivity index (χ4n) is 2.99. The Labute approximate surface area is 151 Å². The number of anilines is 2. The Morgan fingerprint density at radius 2 is 1.85 bits per heavy atom. The highest BCUT2D eigenvalue weighted by molar-refractivity contribution is 5.82. The number of aldehydes is 1. The molecule has 2 aromatic carbocycles. The van der Waals surface area contributed by atoms with Crippen LogP contribution in [0.3, 0.4) is 0 Å². The van der Waals surface area contributed by atoms with E-state index in [2.05, 4.69) is 4.90 Å². The molecule has 1 fully saturated rings. The van der Waals surface area contributed by atoms with E-state index in [0.29, 0.717) is 12.0 Å². The van der Waals surface area contributed by atoms with Crippen LogP contribution in [0.25, 0.3) is 5.70 Å². The summed E-state index contributed by atoms with van der Waals surface area (Å²) < 4.78 is 13.7. The monoisotopic (exact) mass is 356 g/mol. The molecule has 0 aliphatic carbocycles. The fourth-order valence-corrected chi connectivity index (χ4v) is 2.99. The zero-order valence-electron chi connectivity index (χ0n) is 14.2. The number of nitrogens with zero attached hydrogens (tertiary/aromatic N) is 2. The van der Waals surface area contributed by atoms with Crippen LogP contribution in [0, 0.1) is 5.82 Å². The van der Waals surface area contributed by atoms with Gasteiger partial charge in [-0.15, -0.1) is 0 Å². The van der Waals surface area contributed by atoms with Gasteiger partial charge in [-0.3, -0.25) is 9.80 Å². The highest BCUT2D eigenvalue weighted by Crippen LogP contribution is 2.26. The maximum Gasteiger partial charge on any atom is 0.166 e. The van der Waals surface area contributed by atoms with Crippen LogP contribution in [0.5, 0.6) is 5.75 Å². The molecule has 3 rings (SSSR count). The molecule has 0 saturated carbocycles. The first-order valence-electron chi connectivity index (χ1n) is 8.34. The van der Waals surface area contributed by atoms with Gasteiger partial charge >= 0.3 is 0 Å². The minimum absolute atomic E-state index is 0.165. The molecule has 1 aliphatic rings. The molecule has 6 nitrogen and oxygen atoms in total. The van der Waals surface area contributed by atoms with E-state index >= 15 is 0 Å². The van der Waals surface area contributed by atoms with Crippen LogP contribution >= 0.6 is 0 Å². The summed E-state index contributed by atoms with van der Waals surface area (Å²) >= 11 is 0. The standard InChI is InChI=1S/C19H21FN4O2/c20-17-10-13(9-14(12-25)19(17)26)18(21)11-24(22)16-5-3-15(4-6-16)23-7-1-2-8-23/h3-6,9-12,26H,1-2,7-8,21-22H2/b18-11-. The fraction of sp³-hybridized carbons (Fsp3) is 0.211. The zero-order valence-corrected chi connectivity index (χ0v) is 14.2. The normalized spacial score (nSPS) is 14.5. The number of carbonyl (C=O) groups is 1. The number of aromatic hydroxyl groups is 1. The molecule has 5 N–H and O–H groups in total. The van der Waals surface area contributed by atoms with Gasteiger partial charge in [0.1, 0.15) is 0 Å². The lowest BCUT2D eigenvalue weighted by atomic mass is 10.1. The van der Waals surface area contributed by atoms with Crippen LogP contribution in [-0.2, 0) is 0 Å². The van der Waals surface area contributed by atoms with E-state index in [0.717, 1.165) is 24.8 Å². The molecule has 2 aromatic rings. The average Bonchev–Trinajstić information content (AvgIpc) is 3.18. The molecule has 26 heavy (non-hydrogen) atoms. The summed E-state index contributed by atoms with van der Waals surface area (Å²) in [6.07, 6.45) is 4.21. The van der Waals surface area contributed by atoms with Crippen molar-refractivity contribution >= 4 is 23.4 Å². The van der Waals surface area contributed by atoms with Crippen LogP contribution in [0.1, 0.15) is 28.8 Å². The number of benzene rings is 2. The molecule has 0 unspecified atom stereocenters. The predicted molar refractivity (Wildman–Crippen MR) is 100 cm³/mol. The van der Waals surface area contributed by atoms with Gasteiger partial charge in [0.25, 0.3) is 0 Å². The van der Waals surface area contributed by atoms with Crippen molar-refractivity contribution < 1.29 is 14.3 Å². The highest BCUT2D eigenvalue weighted by atomic mass is 19.1. The number of rotatable bonds is 5. The average molecular weight is 356 g/mol. The number of halogens is 1. The lowest BCUT2D eigenvalue weighted by molar-refractivity contribution is 0.112. The number of phenols is 1. The molecule has 0 amide bonds. The Kier molecular flexibility index (Phi) is 5.09. The molecule has 7 heteroatoms. The number of nitrogens with two attached hydrogens (primary N) is 2. The van der Waals surface area contributed by atoms with Gasteiger partial charge in [0.15, 0.2) is 17.9 Å². The molecule has 1 saturated heterocycles. The van der Waals surface area contributed by atoms with Crippen molar-refractivity contribution in [2.75, 3.05) is 23.0 Å². The van der Waals surface area contributed by atoms with Crippen molar-refractivity contribution in [3.8, 4) is 5.75 Å². The molecule has 136 valence electrons. The summed E-state index contributed by atoms with van der Waals surface area (Å²) in [4.78, 5) is 13.2. The minimum atomic E-state index is -0.917. The number of hydrogen-bond acceptors (Lipinski definition) is 6. The smallest absolute Gasteiger partial charge is 0.166 e. The van der Waals surface area contributed by atoms with Crippen LogP contribution in [0.4, 0.5) is 15.8 Å². The van der Waals surface area contributed by atoms with E-state index in [1.807, 2.05) is 24.3 Å². The molecule has 0 radical (unpaired) electrons.